The van der Waals surface area contributed by atoms with E-state index in [0.717, 1.165) is 62.4 Å². The van der Waals surface area contributed by atoms with Crippen molar-refractivity contribution in [2.75, 3.05) is 24.5 Å². The van der Waals surface area contributed by atoms with Gasteiger partial charge in [0.2, 0.25) is 11.9 Å². The molecule has 0 unspecified atom stereocenters. The van der Waals surface area contributed by atoms with Gasteiger partial charge in [0.25, 0.3) is 0 Å². The van der Waals surface area contributed by atoms with Crippen LogP contribution in [0.25, 0.3) is 11.1 Å². The third kappa shape index (κ3) is 2.98. The molecule has 1 aromatic carbocycles. The fourth-order valence-corrected chi connectivity index (χ4v) is 3.70. The highest BCUT2D eigenvalue weighted by Gasteiger charge is 2.31. The van der Waals surface area contributed by atoms with Gasteiger partial charge in [-0.15, -0.1) is 0 Å². The van der Waals surface area contributed by atoms with Crippen LogP contribution >= 0.6 is 0 Å². The minimum absolute atomic E-state index is 0.330. The van der Waals surface area contributed by atoms with Crippen molar-refractivity contribution in [2.45, 2.75) is 31.7 Å². The van der Waals surface area contributed by atoms with Gasteiger partial charge in [-0.1, -0.05) is 30.3 Å². The number of carbonyl (C=O) groups excluding carboxylic acids is 1. The quantitative estimate of drug-likeness (QED) is 0.872. The van der Waals surface area contributed by atoms with Crippen LogP contribution in [0.2, 0.25) is 0 Å². The average Bonchev–Trinajstić information content (AvgIpc) is 3.09. The zero-order valence-electron chi connectivity index (χ0n) is 13.8. The van der Waals surface area contributed by atoms with Crippen LogP contribution in [0.4, 0.5) is 5.95 Å². The number of aromatic nitrogens is 2. The monoisotopic (exact) mass is 322 g/mol. The fraction of sp³-hybridized carbons (Fsp3) is 0.421. The molecule has 0 N–H and O–H groups in total. The number of piperidine rings is 1. The highest BCUT2D eigenvalue weighted by atomic mass is 16.2. The Morgan fingerprint density at radius 1 is 0.917 bits per heavy atom. The van der Waals surface area contributed by atoms with Gasteiger partial charge in [-0.3, -0.25) is 4.79 Å². The molecule has 2 aliphatic heterocycles. The van der Waals surface area contributed by atoms with Gasteiger partial charge >= 0.3 is 0 Å². The van der Waals surface area contributed by atoms with E-state index in [2.05, 4.69) is 31.9 Å². The summed E-state index contributed by atoms with van der Waals surface area (Å²) in [6.07, 6.45) is 7.56. The van der Waals surface area contributed by atoms with E-state index in [1.807, 2.05) is 30.6 Å². The second kappa shape index (κ2) is 6.59. The maximum atomic E-state index is 11.9. The zero-order chi connectivity index (χ0) is 16.4. The van der Waals surface area contributed by atoms with Crippen LogP contribution in [0.15, 0.2) is 42.7 Å². The van der Waals surface area contributed by atoms with E-state index in [-0.39, 0.29) is 0 Å². The minimum Gasteiger partial charge on any atom is -0.341 e. The first kappa shape index (κ1) is 15.1. The second-order valence-corrected chi connectivity index (χ2v) is 6.55. The Bertz CT molecular complexity index is 693. The standard InChI is InChI=1S/C19H22N4O/c24-18-7-4-10-23(18)17-8-11-22(12-9-17)19-20-13-16(14-21-19)15-5-2-1-3-6-15/h1-3,5-6,13-14,17H,4,7-12H2. The summed E-state index contributed by atoms with van der Waals surface area (Å²) in [4.78, 5) is 25.3. The lowest BCUT2D eigenvalue weighted by Crippen LogP contribution is -2.45. The first-order valence-electron chi connectivity index (χ1n) is 8.73. The molecule has 24 heavy (non-hydrogen) atoms. The van der Waals surface area contributed by atoms with Crippen LogP contribution in [0.1, 0.15) is 25.7 Å². The SMILES string of the molecule is O=C1CCCN1C1CCN(c2ncc(-c3ccccc3)cn2)CC1. The van der Waals surface area contributed by atoms with Gasteiger partial charge in [0, 0.05) is 50.1 Å². The van der Waals surface area contributed by atoms with Crippen molar-refractivity contribution in [3.63, 3.8) is 0 Å². The lowest BCUT2D eigenvalue weighted by Gasteiger charge is -2.36. The van der Waals surface area contributed by atoms with Crippen molar-refractivity contribution in [1.29, 1.82) is 0 Å². The molecule has 124 valence electrons. The third-order valence-electron chi connectivity index (χ3n) is 5.04. The molecule has 2 aromatic rings. The topological polar surface area (TPSA) is 49.3 Å². The Balaban J connectivity index is 1.40. The fourth-order valence-electron chi connectivity index (χ4n) is 3.70. The summed E-state index contributed by atoms with van der Waals surface area (Å²) in [5.41, 5.74) is 2.17. The number of rotatable bonds is 3. The Kier molecular flexibility index (Phi) is 4.15. The normalized spacial score (nSPS) is 19.1. The van der Waals surface area contributed by atoms with Gasteiger partial charge in [-0.25, -0.2) is 9.97 Å². The highest BCUT2D eigenvalue weighted by molar-refractivity contribution is 5.78. The van der Waals surface area contributed by atoms with Crippen molar-refractivity contribution >= 4 is 11.9 Å². The Labute approximate surface area is 142 Å². The number of nitrogens with zero attached hydrogens (tertiary/aromatic N) is 4. The predicted molar refractivity (Wildman–Crippen MR) is 93.7 cm³/mol. The molecule has 0 spiro atoms. The predicted octanol–water partition coefficient (Wildman–Crippen LogP) is 2.73. The number of benzene rings is 1. The van der Waals surface area contributed by atoms with Gasteiger partial charge in [-0.2, -0.15) is 0 Å². The molecule has 0 aliphatic carbocycles. The molecule has 4 rings (SSSR count). The molecule has 1 amide bonds. The lowest BCUT2D eigenvalue weighted by molar-refractivity contribution is -0.130. The Morgan fingerprint density at radius 3 is 2.25 bits per heavy atom. The van der Waals surface area contributed by atoms with Gasteiger partial charge in [0.05, 0.1) is 0 Å². The van der Waals surface area contributed by atoms with Crippen LogP contribution < -0.4 is 4.90 Å². The van der Waals surface area contributed by atoms with Gasteiger partial charge in [0.1, 0.15) is 0 Å². The molecular weight excluding hydrogens is 300 g/mol. The molecule has 1 aromatic heterocycles. The summed E-state index contributed by atoms with van der Waals surface area (Å²) in [6, 6.07) is 10.6. The number of hydrogen-bond donors (Lipinski definition) is 0. The van der Waals surface area contributed by atoms with Gasteiger partial charge in [0.15, 0.2) is 0 Å². The number of hydrogen-bond acceptors (Lipinski definition) is 4. The summed E-state index contributed by atoms with van der Waals surface area (Å²) in [7, 11) is 0. The molecule has 5 heteroatoms. The van der Waals surface area contributed by atoms with E-state index in [4.69, 9.17) is 0 Å². The summed E-state index contributed by atoms with van der Waals surface area (Å²) in [5.74, 6) is 1.12. The van der Waals surface area contributed by atoms with Crippen molar-refractivity contribution < 1.29 is 4.79 Å². The van der Waals surface area contributed by atoms with Crippen LogP contribution in [0.3, 0.4) is 0 Å². The van der Waals surface area contributed by atoms with E-state index in [1.54, 1.807) is 0 Å². The van der Waals surface area contributed by atoms with Crippen molar-refractivity contribution in [2.24, 2.45) is 0 Å². The first-order chi connectivity index (χ1) is 11.8. The third-order valence-corrected chi connectivity index (χ3v) is 5.04. The number of amides is 1. The van der Waals surface area contributed by atoms with E-state index < -0.39 is 0 Å². The van der Waals surface area contributed by atoms with Gasteiger partial charge in [-0.05, 0) is 24.8 Å². The number of anilines is 1. The summed E-state index contributed by atoms with van der Waals surface area (Å²) < 4.78 is 0. The Morgan fingerprint density at radius 2 is 1.62 bits per heavy atom. The smallest absolute Gasteiger partial charge is 0.225 e. The first-order valence-corrected chi connectivity index (χ1v) is 8.73. The van der Waals surface area contributed by atoms with Crippen molar-refractivity contribution in [1.82, 2.24) is 14.9 Å². The van der Waals surface area contributed by atoms with Crippen LogP contribution in [0.5, 0.6) is 0 Å². The zero-order valence-corrected chi connectivity index (χ0v) is 13.8. The number of likely N-dealkylation sites (tertiary alicyclic amines) is 1. The summed E-state index contributed by atoms with van der Waals surface area (Å²) in [6.45, 7) is 2.77. The number of carbonyl (C=O) groups is 1. The van der Waals surface area contributed by atoms with E-state index >= 15 is 0 Å². The van der Waals surface area contributed by atoms with Crippen LogP contribution in [-0.2, 0) is 4.79 Å². The van der Waals surface area contributed by atoms with E-state index in [9.17, 15) is 4.79 Å². The molecule has 0 saturated carbocycles. The highest BCUT2D eigenvalue weighted by Crippen LogP contribution is 2.24. The molecule has 0 atom stereocenters. The minimum atomic E-state index is 0.330. The van der Waals surface area contributed by atoms with Crippen molar-refractivity contribution in [3.8, 4) is 11.1 Å². The van der Waals surface area contributed by atoms with Crippen LogP contribution in [-0.4, -0.2) is 46.5 Å². The summed E-state index contributed by atoms with van der Waals surface area (Å²) >= 11 is 0. The van der Waals surface area contributed by atoms with Crippen LogP contribution in [0, 0.1) is 0 Å². The molecule has 3 heterocycles. The second-order valence-electron chi connectivity index (χ2n) is 6.55. The maximum Gasteiger partial charge on any atom is 0.225 e. The maximum absolute atomic E-state index is 11.9. The lowest BCUT2D eigenvalue weighted by atomic mass is 10.0. The molecule has 0 bridgehead atoms. The summed E-state index contributed by atoms with van der Waals surface area (Å²) in [5, 5.41) is 0. The molecule has 5 nitrogen and oxygen atoms in total. The Hall–Kier alpha value is -2.43. The largest absolute Gasteiger partial charge is 0.341 e. The van der Waals surface area contributed by atoms with Gasteiger partial charge < -0.3 is 9.80 Å². The van der Waals surface area contributed by atoms with E-state index in [1.165, 1.54) is 0 Å². The average molecular weight is 322 g/mol. The molecule has 2 saturated heterocycles. The van der Waals surface area contributed by atoms with E-state index in [0.29, 0.717) is 11.9 Å². The molecule has 2 aliphatic rings. The van der Waals surface area contributed by atoms with Crippen molar-refractivity contribution in [3.05, 3.63) is 42.7 Å². The molecule has 0 radical (unpaired) electrons. The molecule has 2 fully saturated rings. The molecular formula is C19H22N4O.